The first-order chi connectivity index (χ1) is 10.6. The van der Waals surface area contributed by atoms with Crippen LogP contribution < -0.4 is 5.43 Å². The van der Waals surface area contributed by atoms with Crippen LogP contribution >= 0.6 is 0 Å². The van der Waals surface area contributed by atoms with Crippen molar-refractivity contribution >= 4 is 17.3 Å². The Bertz CT molecular complexity index is 784. The molecule has 1 amide bonds. The summed E-state index contributed by atoms with van der Waals surface area (Å²) >= 11 is 0. The third-order valence-corrected chi connectivity index (χ3v) is 3.57. The Hall–Kier alpha value is -3.02. The van der Waals surface area contributed by atoms with Crippen LogP contribution in [0.5, 0.6) is 0 Å². The summed E-state index contributed by atoms with van der Waals surface area (Å²) in [6, 6.07) is 13.5. The number of nitrogens with one attached hydrogen (secondary N) is 1. The number of hydrazone groups is 1. The third-order valence-electron chi connectivity index (χ3n) is 3.57. The molecule has 3 rings (SSSR count). The van der Waals surface area contributed by atoms with Gasteiger partial charge in [0.05, 0.1) is 10.6 Å². The van der Waals surface area contributed by atoms with Gasteiger partial charge in [0.1, 0.15) is 0 Å². The Kier molecular flexibility index (Phi) is 3.65. The van der Waals surface area contributed by atoms with Gasteiger partial charge < -0.3 is 0 Å². The van der Waals surface area contributed by atoms with Crippen LogP contribution in [-0.2, 0) is 6.42 Å². The van der Waals surface area contributed by atoms with Crippen molar-refractivity contribution < 1.29 is 9.72 Å². The Balaban J connectivity index is 1.77. The van der Waals surface area contributed by atoms with Crippen molar-refractivity contribution in [1.29, 1.82) is 0 Å². The van der Waals surface area contributed by atoms with Crippen molar-refractivity contribution in [3.8, 4) is 0 Å². The fourth-order valence-electron chi connectivity index (χ4n) is 2.47. The van der Waals surface area contributed by atoms with Crippen LogP contribution in [0.4, 0.5) is 5.69 Å². The molecular formula is C16H13N3O3. The highest BCUT2D eigenvalue weighted by Crippen LogP contribution is 2.21. The van der Waals surface area contributed by atoms with Crippen LogP contribution in [0.2, 0.25) is 0 Å². The third kappa shape index (κ3) is 2.71. The zero-order valence-corrected chi connectivity index (χ0v) is 11.7. The lowest BCUT2D eigenvalue weighted by atomic mass is 10.1. The minimum atomic E-state index is -0.532. The quantitative estimate of drug-likeness (QED) is 0.697. The van der Waals surface area contributed by atoms with Crippen LogP contribution in [-0.4, -0.2) is 16.5 Å². The van der Waals surface area contributed by atoms with Gasteiger partial charge in [-0.3, -0.25) is 14.9 Å². The first kappa shape index (κ1) is 13.9. The molecule has 6 heteroatoms. The molecule has 0 aromatic heterocycles. The normalized spacial score (nSPS) is 14.6. The van der Waals surface area contributed by atoms with Gasteiger partial charge in [-0.1, -0.05) is 30.3 Å². The van der Waals surface area contributed by atoms with Crippen molar-refractivity contribution in [1.82, 2.24) is 5.43 Å². The molecule has 1 aliphatic rings. The second-order valence-corrected chi connectivity index (χ2v) is 4.96. The maximum atomic E-state index is 12.0. The predicted molar refractivity (Wildman–Crippen MR) is 81.9 cm³/mol. The van der Waals surface area contributed by atoms with Crippen LogP contribution in [0.15, 0.2) is 53.6 Å². The van der Waals surface area contributed by atoms with Crippen molar-refractivity contribution in [2.24, 2.45) is 5.10 Å². The molecule has 0 saturated carbocycles. The van der Waals surface area contributed by atoms with Gasteiger partial charge in [0.25, 0.3) is 11.6 Å². The van der Waals surface area contributed by atoms with Crippen LogP contribution in [0.3, 0.4) is 0 Å². The van der Waals surface area contributed by atoms with Crippen molar-refractivity contribution in [2.75, 3.05) is 0 Å². The van der Waals surface area contributed by atoms with Gasteiger partial charge in [-0.15, -0.1) is 0 Å². The molecule has 0 radical (unpaired) electrons. The number of fused-ring (bicyclic) bond motifs is 1. The summed E-state index contributed by atoms with van der Waals surface area (Å²) in [5, 5.41) is 14.9. The number of carbonyl (C=O) groups excluding carboxylic acids is 1. The standard InChI is InChI=1S/C16H13N3O3/c20-16(12-5-3-6-13(10-12)19(21)22)18-17-15-9-8-11-4-1-2-7-14(11)15/h1-7,10H,8-9H2,(H,18,20). The summed E-state index contributed by atoms with van der Waals surface area (Å²) in [6.45, 7) is 0. The van der Waals surface area contributed by atoms with Gasteiger partial charge in [0.2, 0.25) is 0 Å². The molecule has 0 bridgehead atoms. The molecule has 2 aromatic carbocycles. The average molecular weight is 295 g/mol. The molecule has 0 unspecified atom stereocenters. The molecule has 1 N–H and O–H groups in total. The fraction of sp³-hybridized carbons (Fsp3) is 0.125. The lowest BCUT2D eigenvalue weighted by molar-refractivity contribution is -0.384. The Morgan fingerprint density at radius 3 is 2.77 bits per heavy atom. The van der Waals surface area contributed by atoms with Gasteiger partial charge >= 0.3 is 0 Å². The maximum Gasteiger partial charge on any atom is 0.271 e. The van der Waals surface area contributed by atoms with Gasteiger partial charge in [0.15, 0.2) is 0 Å². The monoisotopic (exact) mass is 295 g/mol. The van der Waals surface area contributed by atoms with Crippen LogP contribution in [0.1, 0.15) is 27.9 Å². The smallest absolute Gasteiger partial charge is 0.267 e. The summed E-state index contributed by atoms with van der Waals surface area (Å²) in [7, 11) is 0. The lowest BCUT2D eigenvalue weighted by Crippen LogP contribution is -2.19. The second kappa shape index (κ2) is 5.77. The van der Waals surface area contributed by atoms with Gasteiger partial charge in [-0.2, -0.15) is 5.10 Å². The minimum Gasteiger partial charge on any atom is -0.267 e. The first-order valence-electron chi connectivity index (χ1n) is 6.85. The van der Waals surface area contributed by atoms with E-state index in [1.165, 1.54) is 29.8 Å². The van der Waals surface area contributed by atoms with Crippen molar-refractivity contribution in [3.05, 3.63) is 75.3 Å². The van der Waals surface area contributed by atoms with Gasteiger partial charge in [-0.25, -0.2) is 5.43 Å². The fourth-order valence-corrected chi connectivity index (χ4v) is 2.47. The van der Waals surface area contributed by atoms with Gasteiger partial charge in [0, 0.05) is 23.3 Å². The topological polar surface area (TPSA) is 84.6 Å². The molecule has 110 valence electrons. The summed E-state index contributed by atoms with van der Waals surface area (Å²) in [6.07, 6.45) is 1.68. The average Bonchev–Trinajstić information content (AvgIpc) is 2.96. The van der Waals surface area contributed by atoms with Crippen molar-refractivity contribution in [2.45, 2.75) is 12.8 Å². The number of nitrogens with zero attached hydrogens (tertiary/aromatic N) is 2. The minimum absolute atomic E-state index is 0.119. The Labute approximate surface area is 126 Å². The van der Waals surface area contributed by atoms with E-state index >= 15 is 0 Å². The number of non-ortho nitro benzene ring substituents is 1. The molecule has 2 aromatic rings. The van der Waals surface area contributed by atoms with Crippen LogP contribution in [0, 0.1) is 10.1 Å². The van der Waals surface area contributed by atoms with Crippen LogP contribution in [0.25, 0.3) is 0 Å². The Morgan fingerprint density at radius 2 is 1.95 bits per heavy atom. The first-order valence-corrected chi connectivity index (χ1v) is 6.85. The number of rotatable bonds is 3. The maximum absolute atomic E-state index is 12.0. The van der Waals surface area contributed by atoms with E-state index in [1.807, 2.05) is 24.3 Å². The molecule has 0 heterocycles. The molecule has 0 aliphatic heterocycles. The number of hydrogen-bond donors (Lipinski definition) is 1. The SMILES string of the molecule is O=C(NN=C1CCc2ccccc21)c1cccc([N+](=O)[O-])c1. The van der Waals surface area contributed by atoms with Gasteiger partial charge in [-0.05, 0) is 24.5 Å². The predicted octanol–water partition coefficient (Wildman–Crippen LogP) is 2.68. The summed E-state index contributed by atoms with van der Waals surface area (Å²) in [5.41, 5.74) is 5.65. The van der Waals surface area contributed by atoms with E-state index in [0.29, 0.717) is 0 Å². The van der Waals surface area contributed by atoms with Crippen molar-refractivity contribution in [3.63, 3.8) is 0 Å². The second-order valence-electron chi connectivity index (χ2n) is 4.96. The van der Waals surface area contributed by atoms with E-state index in [0.717, 1.165) is 24.1 Å². The summed E-state index contributed by atoms with van der Waals surface area (Å²) in [5.74, 6) is -0.458. The van der Waals surface area contributed by atoms with E-state index < -0.39 is 10.8 Å². The van der Waals surface area contributed by atoms with E-state index in [2.05, 4.69) is 10.5 Å². The molecule has 22 heavy (non-hydrogen) atoms. The molecule has 1 aliphatic carbocycles. The largest absolute Gasteiger partial charge is 0.271 e. The molecule has 0 saturated heterocycles. The molecule has 0 atom stereocenters. The molecule has 0 fully saturated rings. The zero-order chi connectivity index (χ0) is 15.5. The number of hydrogen-bond acceptors (Lipinski definition) is 4. The number of benzene rings is 2. The lowest BCUT2D eigenvalue weighted by Gasteiger charge is -2.02. The molecule has 0 spiro atoms. The number of carbonyl (C=O) groups is 1. The highest BCUT2D eigenvalue weighted by Gasteiger charge is 2.17. The summed E-state index contributed by atoms with van der Waals surface area (Å²) < 4.78 is 0. The number of amides is 1. The highest BCUT2D eigenvalue weighted by molar-refractivity contribution is 6.05. The highest BCUT2D eigenvalue weighted by atomic mass is 16.6. The summed E-state index contributed by atoms with van der Waals surface area (Å²) in [4.78, 5) is 22.2. The van der Waals surface area contributed by atoms with E-state index in [1.54, 1.807) is 0 Å². The molecular weight excluding hydrogens is 282 g/mol. The Morgan fingerprint density at radius 1 is 1.14 bits per heavy atom. The molecule has 6 nitrogen and oxygen atoms in total. The number of nitro groups is 1. The van der Waals surface area contributed by atoms with E-state index in [4.69, 9.17) is 0 Å². The number of aryl methyl sites for hydroxylation is 1. The van der Waals surface area contributed by atoms with E-state index in [9.17, 15) is 14.9 Å². The zero-order valence-electron chi connectivity index (χ0n) is 11.7. The van der Waals surface area contributed by atoms with E-state index in [-0.39, 0.29) is 11.3 Å². The number of nitro benzene ring substituents is 1.